The maximum Gasteiger partial charge on any atom is 0.416 e. The third-order valence-electron chi connectivity index (χ3n) is 4.34. The first-order valence-electron chi connectivity index (χ1n) is 10.0. The first-order valence-corrected chi connectivity index (χ1v) is 10.0. The first-order chi connectivity index (χ1) is 15.3. The summed E-state index contributed by atoms with van der Waals surface area (Å²) in [6.45, 7) is 4.74. The van der Waals surface area contributed by atoms with Crippen LogP contribution in [0.1, 0.15) is 47.8 Å². The van der Waals surface area contributed by atoms with Crippen LogP contribution in [0.2, 0.25) is 0 Å². The van der Waals surface area contributed by atoms with Crippen molar-refractivity contribution in [3.05, 3.63) is 70.8 Å². The van der Waals surface area contributed by atoms with Gasteiger partial charge < -0.3 is 9.64 Å². The van der Waals surface area contributed by atoms with Gasteiger partial charge >= 0.3 is 12.3 Å². The van der Waals surface area contributed by atoms with Crippen molar-refractivity contribution in [2.45, 2.75) is 39.0 Å². The van der Waals surface area contributed by atoms with Gasteiger partial charge in [-0.15, -0.1) is 0 Å². The van der Waals surface area contributed by atoms with Gasteiger partial charge in [0.25, 0.3) is 11.8 Å². The second-order valence-corrected chi connectivity index (χ2v) is 8.37. The number of hydrazine groups is 1. The predicted molar refractivity (Wildman–Crippen MR) is 115 cm³/mol. The quantitative estimate of drug-likeness (QED) is 0.656. The SMILES string of the molecule is CN(CC(=O)NNC(=O)c1ccccc1Cc1ccc(C(F)(F)F)cc1)C(=O)OC(C)(C)C. The van der Waals surface area contributed by atoms with Crippen LogP contribution in [0, 0.1) is 0 Å². The van der Waals surface area contributed by atoms with E-state index in [-0.39, 0.29) is 18.5 Å². The zero-order valence-corrected chi connectivity index (χ0v) is 18.7. The molecular formula is C23H26F3N3O4. The molecule has 0 saturated heterocycles. The van der Waals surface area contributed by atoms with E-state index in [0.717, 1.165) is 17.0 Å². The Morgan fingerprint density at radius 2 is 1.55 bits per heavy atom. The summed E-state index contributed by atoms with van der Waals surface area (Å²) in [5.41, 5.74) is 4.45. The van der Waals surface area contributed by atoms with Gasteiger partial charge in [-0.25, -0.2) is 4.79 Å². The summed E-state index contributed by atoms with van der Waals surface area (Å²) in [6, 6.07) is 11.2. The third-order valence-corrected chi connectivity index (χ3v) is 4.34. The van der Waals surface area contributed by atoms with Crippen molar-refractivity contribution in [2.75, 3.05) is 13.6 Å². The van der Waals surface area contributed by atoms with Crippen molar-refractivity contribution in [1.29, 1.82) is 0 Å². The Bertz CT molecular complexity index is 999. The highest BCUT2D eigenvalue weighted by Gasteiger charge is 2.30. The molecular weight excluding hydrogens is 439 g/mol. The normalized spacial score (nSPS) is 11.5. The van der Waals surface area contributed by atoms with Crippen LogP contribution in [0.25, 0.3) is 0 Å². The van der Waals surface area contributed by atoms with E-state index in [1.165, 1.54) is 25.2 Å². The highest BCUT2D eigenvalue weighted by molar-refractivity contribution is 5.97. The van der Waals surface area contributed by atoms with Crippen LogP contribution >= 0.6 is 0 Å². The minimum atomic E-state index is -4.42. The Labute approximate surface area is 189 Å². The number of hydrogen-bond donors (Lipinski definition) is 2. The molecule has 0 aliphatic carbocycles. The molecule has 0 bridgehead atoms. The molecule has 0 aromatic heterocycles. The highest BCUT2D eigenvalue weighted by Crippen LogP contribution is 2.29. The molecule has 0 unspecified atom stereocenters. The van der Waals surface area contributed by atoms with E-state index in [2.05, 4.69) is 10.9 Å². The zero-order chi connectivity index (χ0) is 24.8. The average molecular weight is 465 g/mol. The van der Waals surface area contributed by atoms with Crippen molar-refractivity contribution < 1.29 is 32.3 Å². The number of nitrogens with zero attached hydrogens (tertiary/aromatic N) is 1. The van der Waals surface area contributed by atoms with Crippen LogP contribution in [0.15, 0.2) is 48.5 Å². The van der Waals surface area contributed by atoms with Gasteiger partial charge in [-0.2, -0.15) is 13.2 Å². The second-order valence-electron chi connectivity index (χ2n) is 8.37. The summed E-state index contributed by atoms with van der Waals surface area (Å²) in [5.74, 6) is -1.25. The number of likely N-dealkylation sites (N-methyl/N-ethyl adjacent to an activating group) is 1. The van der Waals surface area contributed by atoms with Crippen molar-refractivity contribution in [3.63, 3.8) is 0 Å². The lowest BCUT2D eigenvalue weighted by molar-refractivity contribution is -0.137. The number of hydrogen-bond acceptors (Lipinski definition) is 4. The van der Waals surface area contributed by atoms with Crippen molar-refractivity contribution in [1.82, 2.24) is 15.8 Å². The molecule has 178 valence electrons. The van der Waals surface area contributed by atoms with Gasteiger partial charge in [-0.05, 0) is 56.5 Å². The smallest absolute Gasteiger partial charge is 0.416 e. The summed E-state index contributed by atoms with van der Waals surface area (Å²) < 4.78 is 43.4. The number of halogens is 3. The maximum absolute atomic E-state index is 12.7. The molecule has 2 rings (SSSR count). The van der Waals surface area contributed by atoms with Crippen LogP contribution in [0.5, 0.6) is 0 Å². The lowest BCUT2D eigenvalue weighted by Crippen LogP contribution is -2.47. The molecule has 2 aromatic rings. The Morgan fingerprint density at radius 3 is 2.12 bits per heavy atom. The average Bonchev–Trinajstić information content (AvgIpc) is 2.71. The van der Waals surface area contributed by atoms with Gasteiger partial charge in [0.15, 0.2) is 0 Å². The fourth-order valence-corrected chi connectivity index (χ4v) is 2.78. The number of nitrogens with one attached hydrogen (secondary N) is 2. The van der Waals surface area contributed by atoms with E-state index in [1.54, 1.807) is 39.0 Å². The van der Waals surface area contributed by atoms with Gasteiger partial charge in [0.05, 0.1) is 5.56 Å². The van der Waals surface area contributed by atoms with Gasteiger partial charge in [0.1, 0.15) is 12.1 Å². The van der Waals surface area contributed by atoms with E-state index < -0.39 is 35.2 Å². The number of amides is 3. The number of rotatable bonds is 5. The Morgan fingerprint density at radius 1 is 0.939 bits per heavy atom. The summed E-state index contributed by atoms with van der Waals surface area (Å²) in [5, 5.41) is 0. The lowest BCUT2D eigenvalue weighted by Gasteiger charge is -2.24. The molecule has 3 amide bonds. The topological polar surface area (TPSA) is 87.7 Å². The number of benzene rings is 2. The summed E-state index contributed by atoms with van der Waals surface area (Å²) in [6.07, 6.45) is -4.89. The van der Waals surface area contributed by atoms with Crippen molar-refractivity contribution in [2.24, 2.45) is 0 Å². The number of alkyl halides is 3. The fraction of sp³-hybridized carbons (Fsp3) is 0.348. The van der Waals surface area contributed by atoms with E-state index in [1.807, 2.05) is 0 Å². The molecule has 0 saturated carbocycles. The van der Waals surface area contributed by atoms with Gasteiger partial charge in [-0.3, -0.25) is 20.4 Å². The molecule has 7 nitrogen and oxygen atoms in total. The first kappa shape index (κ1) is 25.7. The van der Waals surface area contributed by atoms with Crippen LogP contribution in [-0.2, 0) is 22.1 Å². The summed E-state index contributed by atoms with van der Waals surface area (Å²) in [7, 11) is 1.38. The standard InChI is InChI=1S/C23H26F3N3O4/c1-22(2,3)33-21(32)29(4)14-19(30)27-28-20(31)18-8-6-5-7-16(18)13-15-9-11-17(12-10-15)23(24,25)26/h5-12H,13-14H2,1-4H3,(H,27,30)(H,28,31). The molecule has 33 heavy (non-hydrogen) atoms. The summed E-state index contributed by atoms with van der Waals surface area (Å²) >= 11 is 0. The van der Waals surface area contributed by atoms with E-state index in [9.17, 15) is 27.6 Å². The second kappa shape index (κ2) is 10.4. The maximum atomic E-state index is 12.7. The largest absolute Gasteiger partial charge is 0.444 e. The monoisotopic (exact) mass is 465 g/mol. The van der Waals surface area contributed by atoms with Gasteiger partial charge in [-0.1, -0.05) is 30.3 Å². The minimum Gasteiger partial charge on any atom is -0.444 e. The van der Waals surface area contributed by atoms with Crippen molar-refractivity contribution in [3.8, 4) is 0 Å². The molecule has 0 atom stereocenters. The molecule has 2 aromatic carbocycles. The number of carbonyl (C=O) groups excluding carboxylic acids is 3. The molecule has 2 N–H and O–H groups in total. The summed E-state index contributed by atoms with van der Waals surface area (Å²) in [4.78, 5) is 37.6. The molecule has 0 heterocycles. The highest BCUT2D eigenvalue weighted by atomic mass is 19.4. The van der Waals surface area contributed by atoms with E-state index >= 15 is 0 Å². The zero-order valence-electron chi connectivity index (χ0n) is 18.7. The van der Waals surface area contributed by atoms with Crippen molar-refractivity contribution >= 4 is 17.9 Å². The molecule has 10 heteroatoms. The minimum absolute atomic E-state index is 0.219. The molecule has 0 aliphatic rings. The molecule has 0 aliphatic heterocycles. The Balaban J connectivity index is 1.98. The number of ether oxygens (including phenoxy) is 1. The molecule has 0 spiro atoms. The van der Waals surface area contributed by atoms with E-state index in [4.69, 9.17) is 4.74 Å². The van der Waals surface area contributed by atoms with E-state index in [0.29, 0.717) is 11.1 Å². The lowest BCUT2D eigenvalue weighted by atomic mass is 9.98. The van der Waals surface area contributed by atoms with Gasteiger partial charge in [0, 0.05) is 12.6 Å². The third kappa shape index (κ3) is 8.13. The predicted octanol–water partition coefficient (Wildman–Crippen LogP) is 3.92. The van der Waals surface area contributed by atoms with Crippen LogP contribution < -0.4 is 10.9 Å². The number of carbonyl (C=O) groups is 3. The van der Waals surface area contributed by atoms with Crippen LogP contribution in [-0.4, -0.2) is 42.0 Å². The fourth-order valence-electron chi connectivity index (χ4n) is 2.78. The Kier molecular flexibility index (Phi) is 8.08. The molecule has 0 fully saturated rings. The van der Waals surface area contributed by atoms with Gasteiger partial charge in [0.2, 0.25) is 0 Å². The molecule has 0 radical (unpaired) electrons. The van der Waals surface area contributed by atoms with Crippen LogP contribution in [0.4, 0.5) is 18.0 Å². The van der Waals surface area contributed by atoms with Crippen LogP contribution in [0.3, 0.4) is 0 Å². The Hall–Kier alpha value is -3.56.